The molecule has 0 radical (unpaired) electrons. The molecule has 1 saturated carbocycles. The Labute approximate surface area is 91.6 Å². The molecule has 1 saturated heterocycles. The zero-order valence-electron chi connectivity index (χ0n) is 9.34. The van der Waals surface area contributed by atoms with Gasteiger partial charge in [0.15, 0.2) is 0 Å². The first-order chi connectivity index (χ1) is 7.36. The van der Waals surface area contributed by atoms with Crippen LogP contribution in [0, 0.1) is 0 Å². The first-order valence-corrected chi connectivity index (χ1v) is 6.29. The van der Waals surface area contributed by atoms with E-state index in [9.17, 15) is 4.79 Å². The molecule has 0 amide bonds. The smallest absolute Gasteiger partial charge is 0.323 e. The van der Waals surface area contributed by atoms with Crippen molar-refractivity contribution >= 4 is 5.97 Å². The molecule has 86 valence electrons. The quantitative estimate of drug-likeness (QED) is 0.710. The SMILES string of the molecule is O=C1OCCC1NC1CCCCCCC1. The molecule has 1 atom stereocenters. The predicted octanol–water partition coefficient (Wildman–Crippen LogP) is 2.00. The van der Waals surface area contributed by atoms with Crippen LogP contribution in [-0.4, -0.2) is 24.7 Å². The van der Waals surface area contributed by atoms with Gasteiger partial charge < -0.3 is 10.1 Å². The summed E-state index contributed by atoms with van der Waals surface area (Å²) in [4.78, 5) is 11.3. The van der Waals surface area contributed by atoms with Crippen molar-refractivity contribution in [2.45, 2.75) is 63.5 Å². The molecule has 15 heavy (non-hydrogen) atoms. The summed E-state index contributed by atoms with van der Waals surface area (Å²) in [5.74, 6) is -0.0444. The second-order valence-electron chi connectivity index (χ2n) is 4.72. The van der Waals surface area contributed by atoms with Gasteiger partial charge in [-0.15, -0.1) is 0 Å². The van der Waals surface area contributed by atoms with Gasteiger partial charge >= 0.3 is 5.97 Å². The number of ether oxygens (including phenoxy) is 1. The van der Waals surface area contributed by atoms with Crippen molar-refractivity contribution in [1.82, 2.24) is 5.32 Å². The van der Waals surface area contributed by atoms with Gasteiger partial charge in [0, 0.05) is 12.5 Å². The van der Waals surface area contributed by atoms with Crippen LogP contribution in [0.15, 0.2) is 0 Å². The van der Waals surface area contributed by atoms with Crippen molar-refractivity contribution in [3.05, 3.63) is 0 Å². The van der Waals surface area contributed by atoms with Crippen LogP contribution in [0.25, 0.3) is 0 Å². The van der Waals surface area contributed by atoms with Gasteiger partial charge in [0.05, 0.1) is 6.61 Å². The van der Waals surface area contributed by atoms with Gasteiger partial charge in [-0.05, 0) is 12.8 Å². The molecule has 0 aromatic rings. The summed E-state index contributed by atoms with van der Waals surface area (Å²) < 4.78 is 4.96. The fraction of sp³-hybridized carbons (Fsp3) is 0.917. The molecule has 2 rings (SSSR count). The van der Waals surface area contributed by atoms with Gasteiger partial charge in [-0.25, -0.2) is 0 Å². The number of esters is 1. The lowest BCUT2D eigenvalue weighted by Gasteiger charge is -2.23. The highest BCUT2D eigenvalue weighted by Crippen LogP contribution is 2.18. The molecule has 1 unspecified atom stereocenters. The average Bonchev–Trinajstić information content (AvgIpc) is 2.56. The molecule has 1 N–H and O–H groups in total. The monoisotopic (exact) mass is 211 g/mol. The van der Waals surface area contributed by atoms with E-state index in [1.807, 2.05) is 0 Å². The van der Waals surface area contributed by atoms with E-state index in [2.05, 4.69) is 5.32 Å². The van der Waals surface area contributed by atoms with Crippen LogP contribution < -0.4 is 5.32 Å². The average molecular weight is 211 g/mol. The Balaban J connectivity index is 1.78. The molecule has 2 aliphatic rings. The molecule has 1 aliphatic heterocycles. The van der Waals surface area contributed by atoms with Crippen LogP contribution in [0.3, 0.4) is 0 Å². The number of carbonyl (C=O) groups is 1. The molecular weight excluding hydrogens is 190 g/mol. The second kappa shape index (κ2) is 5.50. The lowest BCUT2D eigenvalue weighted by atomic mass is 9.96. The van der Waals surface area contributed by atoms with Crippen molar-refractivity contribution in [2.75, 3.05) is 6.61 Å². The molecule has 3 nitrogen and oxygen atoms in total. The second-order valence-corrected chi connectivity index (χ2v) is 4.72. The van der Waals surface area contributed by atoms with Crippen molar-refractivity contribution in [2.24, 2.45) is 0 Å². The Bertz CT molecular complexity index is 210. The van der Waals surface area contributed by atoms with E-state index in [0.29, 0.717) is 12.6 Å². The van der Waals surface area contributed by atoms with Gasteiger partial charge in [-0.3, -0.25) is 4.79 Å². The molecule has 0 bridgehead atoms. The molecule has 1 aliphatic carbocycles. The van der Waals surface area contributed by atoms with Gasteiger partial charge in [0.2, 0.25) is 0 Å². The highest BCUT2D eigenvalue weighted by Gasteiger charge is 2.28. The van der Waals surface area contributed by atoms with E-state index in [1.54, 1.807) is 0 Å². The minimum Gasteiger partial charge on any atom is -0.464 e. The summed E-state index contributed by atoms with van der Waals surface area (Å²) in [5, 5.41) is 3.46. The number of hydrogen-bond acceptors (Lipinski definition) is 3. The molecular formula is C12H21NO2. The lowest BCUT2D eigenvalue weighted by Crippen LogP contribution is -2.41. The van der Waals surface area contributed by atoms with Crippen LogP contribution >= 0.6 is 0 Å². The third kappa shape index (κ3) is 3.20. The zero-order chi connectivity index (χ0) is 10.5. The van der Waals surface area contributed by atoms with Crippen LogP contribution in [0.4, 0.5) is 0 Å². The Morgan fingerprint density at radius 2 is 1.67 bits per heavy atom. The molecule has 1 heterocycles. The Kier molecular flexibility index (Phi) is 4.01. The summed E-state index contributed by atoms with van der Waals surface area (Å²) in [5.41, 5.74) is 0. The van der Waals surface area contributed by atoms with Crippen LogP contribution in [0.5, 0.6) is 0 Å². The maximum atomic E-state index is 11.3. The first kappa shape index (κ1) is 10.9. The zero-order valence-corrected chi connectivity index (χ0v) is 9.34. The Morgan fingerprint density at radius 1 is 1.00 bits per heavy atom. The Morgan fingerprint density at radius 3 is 2.27 bits per heavy atom. The maximum absolute atomic E-state index is 11.3. The van der Waals surface area contributed by atoms with Gasteiger partial charge in [-0.2, -0.15) is 0 Å². The van der Waals surface area contributed by atoms with Crippen molar-refractivity contribution < 1.29 is 9.53 Å². The van der Waals surface area contributed by atoms with Gasteiger partial charge in [-0.1, -0.05) is 32.1 Å². The first-order valence-electron chi connectivity index (χ1n) is 6.29. The molecule has 3 heteroatoms. The fourth-order valence-electron chi connectivity index (χ4n) is 2.55. The maximum Gasteiger partial charge on any atom is 0.323 e. The largest absolute Gasteiger partial charge is 0.464 e. The normalized spacial score (nSPS) is 29.6. The minimum atomic E-state index is -0.0444. The molecule has 0 spiro atoms. The van der Waals surface area contributed by atoms with E-state index in [0.717, 1.165) is 6.42 Å². The summed E-state index contributed by atoms with van der Waals surface area (Å²) in [6.45, 7) is 0.600. The number of nitrogens with one attached hydrogen (secondary N) is 1. The standard InChI is InChI=1S/C12H21NO2/c14-12-11(8-9-15-12)13-10-6-4-2-1-3-5-7-10/h10-11,13H,1-9H2. The van der Waals surface area contributed by atoms with Crippen LogP contribution in [-0.2, 0) is 9.53 Å². The molecule has 0 aromatic heterocycles. The third-order valence-electron chi connectivity index (χ3n) is 3.48. The fourth-order valence-corrected chi connectivity index (χ4v) is 2.55. The van der Waals surface area contributed by atoms with Gasteiger partial charge in [0.25, 0.3) is 0 Å². The van der Waals surface area contributed by atoms with Crippen molar-refractivity contribution in [3.63, 3.8) is 0 Å². The highest BCUT2D eigenvalue weighted by atomic mass is 16.5. The summed E-state index contributed by atoms with van der Waals surface area (Å²) >= 11 is 0. The van der Waals surface area contributed by atoms with Gasteiger partial charge in [0.1, 0.15) is 6.04 Å². The minimum absolute atomic E-state index is 0.0190. The third-order valence-corrected chi connectivity index (χ3v) is 3.48. The lowest BCUT2D eigenvalue weighted by molar-refractivity contribution is -0.139. The topological polar surface area (TPSA) is 38.3 Å². The van der Waals surface area contributed by atoms with E-state index >= 15 is 0 Å². The van der Waals surface area contributed by atoms with Crippen LogP contribution in [0.2, 0.25) is 0 Å². The number of carbonyl (C=O) groups excluding carboxylic acids is 1. The summed E-state index contributed by atoms with van der Waals surface area (Å²) in [7, 11) is 0. The van der Waals surface area contributed by atoms with E-state index < -0.39 is 0 Å². The summed E-state index contributed by atoms with van der Waals surface area (Å²) in [6, 6.07) is 0.523. The number of cyclic esters (lactones) is 1. The van der Waals surface area contributed by atoms with E-state index in [1.165, 1.54) is 44.9 Å². The highest BCUT2D eigenvalue weighted by molar-refractivity contribution is 5.77. The molecule has 2 fully saturated rings. The molecule has 0 aromatic carbocycles. The Hall–Kier alpha value is -0.570. The van der Waals surface area contributed by atoms with E-state index in [4.69, 9.17) is 4.74 Å². The van der Waals surface area contributed by atoms with E-state index in [-0.39, 0.29) is 12.0 Å². The summed E-state index contributed by atoms with van der Waals surface area (Å²) in [6.07, 6.45) is 10.0. The van der Waals surface area contributed by atoms with Crippen molar-refractivity contribution in [3.8, 4) is 0 Å². The van der Waals surface area contributed by atoms with Crippen molar-refractivity contribution in [1.29, 1.82) is 0 Å². The number of rotatable bonds is 2. The predicted molar refractivity (Wildman–Crippen MR) is 58.6 cm³/mol. The van der Waals surface area contributed by atoms with Crippen LogP contribution in [0.1, 0.15) is 51.4 Å². The number of hydrogen-bond donors (Lipinski definition) is 1.